The third-order valence-corrected chi connectivity index (χ3v) is 5.30. The molecule has 2 N–H and O–H groups in total. The largest absolute Gasteiger partial charge is 0.353 e. The Hall–Kier alpha value is -2.41. The number of H-pyrrole nitrogens is 1. The van der Waals surface area contributed by atoms with Gasteiger partial charge in [-0.05, 0) is 43.5 Å². The molecule has 0 spiro atoms. The van der Waals surface area contributed by atoms with E-state index in [2.05, 4.69) is 34.0 Å². The molecule has 2 amide bonds. The van der Waals surface area contributed by atoms with Crippen molar-refractivity contribution >= 4 is 22.8 Å². The number of aromatic amines is 1. The van der Waals surface area contributed by atoms with Crippen LogP contribution in [0.3, 0.4) is 0 Å². The summed E-state index contributed by atoms with van der Waals surface area (Å²) >= 11 is 0. The zero-order valence-electron chi connectivity index (χ0n) is 17.3. The normalized spacial score (nSPS) is 17.9. The summed E-state index contributed by atoms with van der Waals surface area (Å²) in [7, 11) is 1.76. The average molecular weight is 386 g/mol. The molecule has 152 valence electrons. The maximum absolute atomic E-state index is 12.8. The van der Waals surface area contributed by atoms with Gasteiger partial charge < -0.3 is 15.2 Å². The number of rotatable bonds is 7. The summed E-state index contributed by atoms with van der Waals surface area (Å²) in [6, 6.07) is 5.66. The van der Waals surface area contributed by atoms with Crippen molar-refractivity contribution in [2.75, 3.05) is 26.7 Å². The van der Waals surface area contributed by atoms with E-state index in [-0.39, 0.29) is 24.3 Å². The fourth-order valence-corrected chi connectivity index (χ4v) is 3.56. The molecule has 0 radical (unpaired) electrons. The number of benzene rings is 1. The van der Waals surface area contributed by atoms with Crippen LogP contribution in [0.15, 0.2) is 18.2 Å². The summed E-state index contributed by atoms with van der Waals surface area (Å²) in [5.41, 5.74) is 3.03. The van der Waals surface area contributed by atoms with Crippen LogP contribution in [-0.2, 0) is 16.1 Å². The zero-order valence-corrected chi connectivity index (χ0v) is 17.3. The number of carbonyl (C=O) groups is 2. The van der Waals surface area contributed by atoms with Gasteiger partial charge in [-0.15, -0.1) is 0 Å². The maximum atomic E-state index is 12.8. The lowest BCUT2D eigenvalue weighted by molar-refractivity contribution is -0.138. The molecule has 1 aromatic carbocycles. The number of aromatic nitrogens is 2. The Balaban J connectivity index is 1.63. The summed E-state index contributed by atoms with van der Waals surface area (Å²) in [6.07, 6.45) is 1.21. The van der Waals surface area contributed by atoms with Crippen molar-refractivity contribution in [3.63, 3.8) is 0 Å². The molecular weight excluding hydrogens is 354 g/mol. The predicted octanol–water partition coefficient (Wildman–Crippen LogP) is 2.07. The Kier molecular flexibility index (Phi) is 6.34. The lowest BCUT2D eigenvalue weighted by atomic mass is 10.1. The van der Waals surface area contributed by atoms with Gasteiger partial charge >= 0.3 is 0 Å². The van der Waals surface area contributed by atoms with Crippen LogP contribution in [0, 0.1) is 12.8 Å². The molecule has 0 bridgehead atoms. The van der Waals surface area contributed by atoms with Gasteiger partial charge in [-0.1, -0.05) is 19.9 Å². The Morgan fingerprint density at radius 2 is 2.18 bits per heavy atom. The fraction of sp³-hybridized carbons (Fsp3) is 0.571. The third kappa shape index (κ3) is 4.90. The first kappa shape index (κ1) is 20.3. The molecule has 1 aliphatic rings. The number of fused-ring (bicyclic) bond motifs is 1. The Morgan fingerprint density at radius 1 is 1.39 bits per heavy atom. The number of piperazine rings is 1. The third-order valence-electron chi connectivity index (χ3n) is 5.30. The van der Waals surface area contributed by atoms with Gasteiger partial charge in [0.1, 0.15) is 5.82 Å². The Bertz CT molecular complexity index is 844. The first-order chi connectivity index (χ1) is 13.3. The second-order valence-electron chi connectivity index (χ2n) is 8.18. The Morgan fingerprint density at radius 3 is 2.93 bits per heavy atom. The number of carbonyl (C=O) groups excluding carboxylic acids is 2. The minimum Gasteiger partial charge on any atom is -0.353 e. The lowest BCUT2D eigenvalue weighted by Gasteiger charge is -2.35. The average Bonchev–Trinajstić information content (AvgIpc) is 3.03. The molecule has 2 heterocycles. The highest BCUT2D eigenvalue weighted by atomic mass is 16.2. The monoisotopic (exact) mass is 385 g/mol. The van der Waals surface area contributed by atoms with Crippen molar-refractivity contribution in [3.8, 4) is 0 Å². The van der Waals surface area contributed by atoms with Gasteiger partial charge in [0, 0.05) is 20.1 Å². The van der Waals surface area contributed by atoms with Gasteiger partial charge in [0.05, 0.1) is 30.0 Å². The first-order valence-corrected chi connectivity index (χ1v) is 10.0. The first-order valence-electron chi connectivity index (χ1n) is 10.0. The van der Waals surface area contributed by atoms with Crippen LogP contribution in [-0.4, -0.2) is 64.3 Å². The molecule has 7 heteroatoms. The van der Waals surface area contributed by atoms with Crippen molar-refractivity contribution in [3.05, 3.63) is 29.6 Å². The van der Waals surface area contributed by atoms with E-state index in [1.54, 1.807) is 11.9 Å². The maximum Gasteiger partial charge on any atom is 0.237 e. The van der Waals surface area contributed by atoms with Crippen molar-refractivity contribution in [2.24, 2.45) is 5.92 Å². The van der Waals surface area contributed by atoms with Crippen molar-refractivity contribution in [1.82, 2.24) is 25.1 Å². The number of aryl methyl sites for hydroxylation is 1. The predicted molar refractivity (Wildman–Crippen MR) is 110 cm³/mol. The highest BCUT2D eigenvalue weighted by molar-refractivity contribution is 5.88. The molecule has 1 fully saturated rings. The highest BCUT2D eigenvalue weighted by Gasteiger charge is 2.32. The van der Waals surface area contributed by atoms with Gasteiger partial charge in [-0.2, -0.15) is 0 Å². The minimum absolute atomic E-state index is 0.0454. The van der Waals surface area contributed by atoms with Gasteiger partial charge in [0.2, 0.25) is 11.8 Å². The number of nitrogens with one attached hydrogen (secondary N) is 2. The summed E-state index contributed by atoms with van der Waals surface area (Å²) in [4.78, 5) is 36.8. The van der Waals surface area contributed by atoms with E-state index in [4.69, 9.17) is 0 Å². The fourth-order valence-electron chi connectivity index (χ4n) is 3.56. The standard InChI is InChI=1S/C21H31N5O2/c1-14(2)7-9-26-10-8-22-21(28)18(26)12-20(27)25(4)13-19-23-16-6-5-15(3)11-17(16)24-19/h5-6,11,14,18H,7-10,12-13H2,1-4H3,(H,22,28)(H,23,24)/t18-/m1/s1. The van der Waals surface area contributed by atoms with E-state index < -0.39 is 0 Å². The van der Waals surface area contributed by atoms with Gasteiger partial charge in [0.15, 0.2) is 0 Å². The van der Waals surface area contributed by atoms with E-state index in [9.17, 15) is 9.59 Å². The SMILES string of the molecule is Cc1ccc2nc(CN(C)C(=O)C[C@@H]3C(=O)NCCN3CCC(C)C)[nH]c2c1. The number of hydrogen-bond donors (Lipinski definition) is 2. The van der Waals surface area contributed by atoms with Crippen LogP contribution in [0.1, 0.15) is 38.1 Å². The van der Waals surface area contributed by atoms with Gasteiger partial charge in [-0.3, -0.25) is 14.5 Å². The molecule has 1 aromatic heterocycles. The highest BCUT2D eigenvalue weighted by Crippen LogP contribution is 2.16. The van der Waals surface area contributed by atoms with E-state index in [1.807, 2.05) is 25.1 Å². The smallest absolute Gasteiger partial charge is 0.237 e. The quantitative estimate of drug-likeness (QED) is 0.764. The van der Waals surface area contributed by atoms with Crippen LogP contribution in [0.2, 0.25) is 0 Å². The van der Waals surface area contributed by atoms with E-state index in [1.165, 1.54) is 0 Å². The molecule has 2 aromatic rings. The molecule has 28 heavy (non-hydrogen) atoms. The van der Waals surface area contributed by atoms with Crippen molar-refractivity contribution in [2.45, 2.75) is 46.2 Å². The molecule has 1 saturated heterocycles. The zero-order chi connectivity index (χ0) is 20.3. The van der Waals surface area contributed by atoms with Crippen LogP contribution in [0.4, 0.5) is 0 Å². The van der Waals surface area contributed by atoms with E-state index >= 15 is 0 Å². The van der Waals surface area contributed by atoms with Crippen LogP contribution in [0.5, 0.6) is 0 Å². The summed E-state index contributed by atoms with van der Waals surface area (Å²) in [5.74, 6) is 1.23. The topological polar surface area (TPSA) is 81.3 Å². The Labute approximate surface area is 166 Å². The molecule has 1 aliphatic heterocycles. The molecule has 0 unspecified atom stereocenters. The molecule has 3 rings (SSSR count). The van der Waals surface area contributed by atoms with Crippen LogP contribution < -0.4 is 5.32 Å². The molecule has 0 aliphatic carbocycles. The second-order valence-corrected chi connectivity index (χ2v) is 8.18. The second kappa shape index (κ2) is 8.73. The molecule has 1 atom stereocenters. The number of hydrogen-bond acceptors (Lipinski definition) is 4. The summed E-state index contributed by atoms with van der Waals surface area (Å²) in [6.45, 7) is 9.07. The summed E-state index contributed by atoms with van der Waals surface area (Å²) < 4.78 is 0. The minimum atomic E-state index is -0.388. The van der Waals surface area contributed by atoms with E-state index in [0.717, 1.165) is 41.9 Å². The lowest BCUT2D eigenvalue weighted by Crippen LogP contribution is -2.56. The van der Waals surface area contributed by atoms with Gasteiger partial charge in [0.25, 0.3) is 0 Å². The van der Waals surface area contributed by atoms with Crippen molar-refractivity contribution < 1.29 is 9.59 Å². The van der Waals surface area contributed by atoms with Gasteiger partial charge in [-0.25, -0.2) is 4.98 Å². The number of amides is 2. The molecule has 0 saturated carbocycles. The van der Waals surface area contributed by atoms with E-state index in [0.29, 0.717) is 19.0 Å². The number of nitrogens with zero attached hydrogens (tertiary/aromatic N) is 3. The van der Waals surface area contributed by atoms with Crippen molar-refractivity contribution in [1.29, 1.82) is 0 Å². The van der Waals surface area contributed by atoms with Crippen LogP contribution >= 0.6 is 0 Å². The summed E-state index contributed by atoms with van der Waals surface area (Å²) in [5, 5.41) is 2.90. The number of imidazole rings is 1. The molecular formula is C21H31N5O2. The van der Waals surface area contributed by atoms with Crippen LogP contribution in [0.25, 0.3) is 11.0 Å². The molecule has 7 nitrogen and oxygen atoms in total.